The first-order valence-corrected chi connectivity index (χ1v) is 10.4. The lowest BCUT2D eigenvalue weighted by molar-refractivity contribution is -0.115. The number of anilines is 2. The van der Waals surface area contributed by atoms with Gasteiger partial charge in [0.25, 0.3) is 5.91 Å². The van der Waals surface area contributed by atoms with E-state index in [2.05, 4.69) is 10.3 Å². The van der Waals surface area contributed by atoms with Crippen LogP contribution in [0.3, 0.4) is 0 Å². The minimum atomic E-state index is -0.404. The van der Waals surface area contributed by atoms with Gasteiger partial charge in [-0.3, -0.25) is 9.59 Å². The Labute approximate surface area is 178 Å². The fourth-order valence-electron chi connectivity index (χ4n) is 3.38. The summed E-state index contributed by atoms with van der Waals surface area (Å²) in [6.45, 7) is 3.91. The van der Waals surface area contributed by atoms with E-state index in [4.69, 9.17) is 0 Å². The second-order valence-electron chi connectivity index (χ2n) is 7.23. The summed E-state index contributed by atoms with van der Waals surface area (Å²) in [4.78, 5) is 32.5. The number of aromatic nitrogens is 1. The number of amides is 2. The molecule has 2 aromatic carbocycles. The van der Waals surface area contributed by atoms with E-state index in [9.17, 15) is 14.0 Å². The number of rotatable bonds is 4. The van der Waals surface area contributed by atoms with Crippen LogP contribution < -0.4 is 10.2 Å². The lowest BCUT2D eigenvalue weighted by Crippen LogP contribution is -2.37. The molecule has 0 bridgehead atoms. The van der Waals surface area contributed by atoms with Crippen LogP contribution in [0.15, 0.2) is 70.7 Å². The molecule has 1 aliphatic rings. The normalized spacial score (nSPS) is 12.9. The fraction of sp³-hybridized carbons (Fsp3) is 0.174. The molecule has 0 spiro atoms. The Bertz CT molecular complexity index is 1130. The van der Waals surface area contributed by atoms with Crippen molar-refractivity contribution in [2.75, 3.05) is 10.2 Å². The summed E-state index contributed by atoms with van der Waals surface area (Å²) in [5.74, 6) is -0.816. The maximum atomic E-state index is 13.8. The summed E-state index contributed by atoms with van der Waals surface area (Å²) in [6.07, 6.45) is 1.60. The number of halogens is 1. The van der Waals surface area contributed by atoms with Crippen molar-refractivity contribution in [2.24, 2.45) is 0 Å². The summed E-state index contributed by atoms with van der Waals surface area (Å²) < 4.78 is 13.8. The maximum Gasteiger partial charge on any atom is 0.261 e. The Morgan fingerprint density at radius 2 is 1.97 bits per heavy atom. The summed E-state index contributed by atoms with van der Waals surface area (Å²) in [5.41, 5.74) is 2.25. The molecule has 0 unspecified atom stereocenters. The Balaban J connectivity index is 1.64. The average Bonchev–Trinajstić information content (AvgIpc) is 2.83. The van der Waals surface area contributed by atoms with E-state index < -0.39 is 5.82 Å². The van der Waals surface area contributed by atoms with E-state index >= 15 is 0 Å². The highest BCUT2D eigenvalue weighted by atomic mass is 32.2. The van der Waals surface area contributed by atoms with E-state index in [-0.39, 0.29) is 24.3 Å². The zero-order valence-corrected chi connectivity index (χ0v) is 17.4. The van der Waals surface area contributed by atoms with Crippen LogP contribution in [-0.2, 0) is 11.2 Å². The zero-order chi connectivity index (χ0) is 21.3. The van der Waals surface area contributed by atoms with Crippen molar-refractivity contribution in [2.45, 2.75) is 36.2 Å². The Hall–Kier alpha value is -3.19. The number of nitrogens with zero attached hydrogens (tertiary/aromatic N) is 2. The van der Waals surface area contributed by atoms with Crippen LogP contribution >= 0.6 is 11.8 Å². The van der Waals surface area contributed by atoms with Gasteiger partial charge in [-0.05, 0) is 55.8 Å². The van der Waals surface area contributed by atoms with Gasteiger partial charge in [0.2, 0.25) is 5.91 Å². The molecule has 1 N–H and O–H groups in total. The standard InChI is InChI=1S/C23H20FN3O2S/c1-14(2)27-19-10-9-16(26-21(28)12-15-6-3-4-8-18(15)24)13-20(19)30-22-17(23(27)29)7-5-11-25-22/h3-11,13-14H,12H2,1-2H3,(H,26,28). The van der Waals surface area contributed by atoms with Gasteiger partial charge in [0.15, 0.2) is 0 Å². The van der Waals surface area contributed by atoms with Crippen molar-refractivity contribution < 1.29 is 14.0 Å². The SMILES string of the molecule is CC(C)N1C(=O)c2cccnc2Sc2cc(NC(=O)Cc3ccccc3F)ccc21. The molecule has 0 radical (unpaired) electrons. The molecule has 1 aliphatic heterocycles. The van der Waals surface area contributed by atoms with E-state index in [1.807, 2.05) is 26.0 Å². The van der Waals surface area contributed by atoms with Crippen molar-refractivity contribution in [1.82, 2.24) is 4.98 Å². The smallest absolute Gasteiger partial charge is 0.261 e. The van der Waals surface area contributed by atoms with Gasteiger partial charge >= 0.3 is 0 Å². The number of fused-ring (bicyclic) bond motifs is 2. The third-order valence-electron chi connectivity index (χ3n) is 4.76. The molecule has 2 amide bonds. The molecule has 0 saturated carbocycles. The Morgan fingerprint density at radius 1 is 1.17 bits per heavy atom. The molecule has 0 atom stereocenters. The van der Waals surface area contributed by atoms with Gasteiger partial charge in [0, 0.05) is 22.8 Å². The number of carbonyl (C=O) groups is 2. The van der Waals surface area contributed by atoms with E-state index in [1.54, 1.807) is 47.5 Å². The fourth-order valence-corrected chi connectivity index (χ4v) is 4.43. The molecular formula is C23H20FN3O2S. The minimum Gasteiger partial charge on any atom is -0.326 e. The van der Waals surface area contributed by atoms with Crippen molar-refractivity contribution in [1.29, 1.82) is 0 Å². The number of benzene rings is 2. The number of carbonyl (C=O) groups excluding carboxylic acids is 2. The lowest BCUT2D eigenvalue weighted by atomic mass is 10.1. The highest BCUT2D eigenvalue weighted by Gasteiger charge is 2.30. The van der Waals surface area contributed by atoms with Crippen LogP contribution in [0, 0.1) is 5.82 Å². The minimum absolute atomic E-state index is 0.0514. The molecule has 0 saturated heterocycles. The molecule has 0 aliphatic carbocycles. The van der Waals surface area contributed by atoms with Gasteiger partial charge in [-0.1, -0.05) is 30.0 Å². The summed E-state index contributed by atoms with van der Waals surface area (Å²) >= 11 is 1.39. The predicted octanol–water partition coefficient (Wildman–Crippen LogP) is 4.92. The van der Waals surface area contributed by atoms with Gasteiger partial charge in [0.1, 0.15) is 10.8 Å². The first kappa shape index (κ1) is 20.1. The number of nitrogens with one attached hydrogen (secondary N) is 1. The van der Waals surface area contributed by atoms with Crippen LogP contribution in [0.1, 0.15) is 29.8 Å². The Morgan fingerprint density at radius 3 is 2.73 bits per heavy atom. The molecule has 152 valence electrons. The topological polar surface area (TPSA) is 62.3 Å². The number of hydrogen-bond acceptors (Lipinski definition) is 4. The van der Waals surface area contributed by atoms with Crippen molar-refractivity contribution >= 4 is 35.0 Å². The zero-order valence-electron chi connectivity index (χ0n) is 16.6. The molecule has 30 heavy (non-hydrogen) atoms. The molecule has 3 aromatic rings. The van der Waals surface area contributed by atoms with Crippen LogP contribution in [0.2, 0.25) is 0 Å². The van der Waals surface area contributed by atoms with Gasteiger partial charge < -0.3 is 10.2 Å². The van der Waals surface area contributed by atoms with Crippen LogP contribution in [0.25, 0.3) is 0 Å². The second-order valence-corrected chi connectivity index (χ2v) is 8.26. The lowest BCUT2D eigenvalue weighted by Gasteiger charge is -2.27. The molecule has 5 nitrogen and oxygen atoms in total. The number of pyridine rings is 1. The quantitative estimate of drug-likeness (QED) is 0.649. The molecule has 1 aromatic heterocycles. The molecule has 0 fully saturated rings. The first-order chi connectivity index (χ1) is 14.4. The van der Waals surface area contributed by atoms with Gasteiger partial charge in [-0.2, -0.15) is 0 Å². The highest BCUT2D eigenvalue weighted by molar-refractivity contribution is 7.99. The third kappa shape index (κ3) is 3.93. The first-order valence-electron chi connectivity index (χ1n) is 9.58. The monoisotopic (exact) mass is 421 g/mol. The molecule has 7 heteroatoms. The predicted molar refractivity (Wildman–Crippen MR) is 115 cm³/mol. The second kappa shape index (κ2) is 8.28. The third-order valence-corrected chi connectivity index (χ3v) is 5.82. The van der Waals surface area contributed by atoms with Crippen molar-refractivity contribution in [3.05, 3.63) is 77.7 Å². The van der Waals surface area contributed by atoms with Gasteiger partial charge in [-0.25, -0.2) is 9.37 Å². The van der Waals surface area contributed by atoms with E-state index in [0.29, 0.717) is 21.8 Å². The largest absolute Gasteiger partial charge is 0.326 e. The molecular weight excluding hydrogens is 401 g/mol. The summed E-state index contributed by atoms with van der Waals surface area (Å²) in [5, 5.41) is 3.45. The Kier molecular flexibility index (Phi) is 5.55. The van der Waals surface area contributed by atoms with Crippen LogP contribution in [0.4, 0.5) is 15.8 Å². The average molecular weight is 421 g/mol. The summed E-state index contributed by atoms with van der Waals surface area (Å²) in [6, 6.07) is 15.1. The molecule has 2 heterocycles. The van der Waals surface area contributed by atoms with Gasteiger partial charge in [-0.15, -0.1) is 0 Å². The molecule has 4 rings (SSSR count). The van der Waals surface area contributed by atoms with Gasteiger partial charge in [0.05, 0.1) is 17.7 Å². The van der Waals surface area contributed by atoms with Crippen molar-refractivity contribution in [3.63, 3.8) is 0 Å². The van der Waals surface area contributed by atoms with E-state index in [0.717, 1.165) is 10.6 Å². The summed E-state index contributed by atoms with van der Waals surface area (Å²) in [7, 11) is 0. The van der Waals surface area contributed by atoms with Crippen LogP contribution in [0.5, 0.6) is 0 Å². The van der Waals surface area contributed by atoms with Crippen LogP contribution in [-0.4, -0.2) is 22.8 Å². The maximum absolute atomic E-state index is 13.8. The number of hydrogen-bond donors (Lipinski definition) is 1. The van der Waals surface area contributed by atoms with E-state index in [1.165, 1.54) is 17.8 Å². The van der Waals surface area contributed by atoms with Crippen molar-refractivity contribution in [3.8, 4) is 0 Å². The highest BCUT2D eigenvalue weighted by Crippen LogP contribution is 2.42.